The van der Waals surface area contributed by atoms with Gasteiger partial charge < -0.3 is 4.42 Å². The molecule has 1 heterocycles. The molecule has 1 aromatic heterocycles. The number of hydrogen-bond acceptors (Lipinski definition) is 2. The normalized spacial score (nSPS) is 11.1. The van der Waals surface area contributed by atoms with Crippen molar-refractivity contribution < 1.29 is 4.42 Å². The van der Waals surface area contributed by atoms with E-state index < -0.39 is 0 Å². The van der Waals surface area contributed by atoms with E-state index in [9.17, 15) is 0 Å². The van der Waals surface area contributed by atoms with Crippen molar-refractivity contribution in [3.05, 3.63) is 40.4 Å². The van der Waals surface area contributed by atoms with Crippen LogP contribution in [0.2, 0.25) is 0 Å². The second-order valence-corrected chi connectivity index (χ2v) is 4.85. The van der Waals surface area contributed by atoms with Gasteiger partial charge in [-0.05, 0) is 27.4 Å². The van der Waals surface area contributed by atoms with Gasteiger partial charge in [-0.3, -0.25) is 0 Å². The molecule has 1 aromatic carbocycles. The Labute approximate surface area is 104 Å². The first-order chi connectivity index (χ1) is 7.58. The first-order valence-corrected chi connectivity index (χ1v) is 6.10. The van der Waals surface area contributed by atoms with E-state index >= 15 is 0 Å². The van der Waals surface area contributed by atoms with E-state index in [2.05, 4.69) is 59.0 Å². The fourth-order valence-corrected chi connectivity index (χ4v) is 2.16. The Bertz CT molecular complexity index is 485. The van der Waals surface area contributed by atoms with Gasteiger partial charge in [0.2, 0.25) is 0 Å². The molecule has 2 rings (SSSR count). The molecule has 0 fully saturated rings. The summed E-state index contributed by atoms with van der Waals surface area (Å²) in [6, 6.07) is 8.43. The first-order valence-electron chi connectivity index (χ1n) is 5.31. The lowest BCUT2D eigenvalue weighted by Crippen LogP contribution is -1.87. The van der Waals surface area contributed by atoms with Crippen LogP contribution in [0.25, 0.3) is 11.3 Å². The van der Waals surface area contributed by atoms with Crippen LogP contribution < -0.4 is 0 Å². The van der Waals surface area contributed by atoms with Gasteiger partial charge in [0, 0.05) is 12.5 Å². The van der Waals surface area contributed by atoms with Gasteiger partial charge in [-0.25, -0.2) is 4.98 Å². The fourth-order valence-electron chi connectivity index (χ4n) is 1.61. The van der Waals surface area contributed by atoms with Crippen molar-refractivity contribution in [3.63, 3.8) is 0 Å². The molecule has 0 spiro atoms. The highest BCUT2D eigenvalue weighted by Crippen LogP contribution is 2.29. The van der Waals surface area contributed by atoms with E-state index in [1.807, 2.05) is 6.92 Å². The molecule has 84 valence electrons. The van der Waals surface area contributed by atoms with Crippen molar-refractivity contribution in [1.29, 1.82) is 0 Å². The smallest absolute Gasteiger partial charge is 0.197 e. The monoisotopic (exact) mass is 279 g/mol. The molecule has 0 atom stereocenters. The fraction of sp³-hybridized carbons (Fsp3) is 0.308. The lowest BCUT2D eigenvalue weighted by atomic mass is 10.0. The number of halogens is 1. The van der Waals surface area contributed by atoms with Crippen molar-refractivity contribution in [2.75, 3.05) is 0 Å². The molecule has 0 amide bonds. The SMILES string of the molecule is Cc1nc(-c2ccc(C(C)C)cc2)c(Br)o1. The van der Waals surface area contributed by atoms with E-state index in [0.29, 0.717) is 16.5 Å². The summed E-state index contributed by atoms with van der Waals surface area (Å²) in [6.07, 6.45) is 0. The molecule has 0 saturated heterocycles. The maximum absolute atomic E-state index is 5.35. The highest BCUT2D eigenvalue weighted by molar-refractivity contribution is 9.10. The second-order valence-electron chi connectivity index (χ2n) is 4.13. The molecule has 0 saturated carbocycles. The lowest BCUT2D eigenvalue weighted by Gasteiger charge is -2.05. The molecule has 16 heavy (non-hydrogen) atoms. The summed E-state index contributed by atoms with van der Waals surface area (Å²) in [5.41, 5.74) is 3.28. The van der Waals surface area contributed by atoms with Crippen LogP contribution in [-0.4, -0.2) is 4.98 Å². The highest BCUT2D eigenvalue weighted by atomic mass is 79.9. The summed E-state index contributed by atoms with van der Waals surface area (Å²) in [6.45, 7) is 6.22. The molecular formula is C13H14BrNO. The van der Waals surface area contributed by atoms with Gasteiger partial charge in [0.1, 0.15) is 5.69 Å². The minimum absolute atomic E-state index is 0.552. The molecule has 2 nitrogen and oxygen atoms in total. The van der Waals surface area contributed by atoms with Gasteiger partial charge in [0.25, 0.3) is 0 Å². The molecule has 0 N–H and O–H groups in total. The van der Waals surface area contributed by atoms with Crippen LogP contribution in [0.5, 0.6) is 0 Å². The highest BCUT2D eigenvalue weighted by Gasteiger charge is 2.10. The predicted molar refractivity (Wildman–Crippen MR) is 68.5 cm³/mol. The Balaban J connectivity index is 2.38. The van der Waals surface area contributed by atoms with Crippen LogP contribution >= 0.6 is 15.9 Å². The molecular weight excluding hydrogens is 266 g/mol. The number of aryl methyl sites for hydroxylation is 1. The van der Waals surface area contributed by atoms with Gasteiger partial charge in [-0.15, -0.1) is 0 Å². The summed E-state index contributed by atoms with van der Waals surface area (Å²) in [5.74, 6) is 1.23. The molecule has 0 bridgehead atoms. The summed E-state index contributed by atoms with van der Waals surface area (Å²) >= 11 is 3.37. The molecule has 0 aliphatic carbocycles. The quantitative estimate of drug-likeness (QED) is 0.807. The topological polar surface area (TPSA) is 26.0 Å². The van der Waals surface area contributed by atoms with Crippen LogP contribution in [0.15, 0.2) is 33.4 Å². The van der Waals surface area contributed by atoms with Gasteiger partial charge in [0.05, 0.1) is 0 Å². The third-order valence-electron chi connectivity index (χ3n) is 2.54. The van der Waals surface area contributed by atoms with Crippen molar-refractivity contribution in [2.24, 2.45) is 0 Å². The zero-order valence-electron chi connectivity index (χ0n) is 9.62. The Morgan fingerprint density at radius 1 is 1.19 bits per heavy atom. The van der Waals surface area contributed by atoms with Crippen molar-refractivity contribution >= 4 is 15.9 Å². The Hall–Kier alpha value is -1.09. The van der Waals surface area contributed by atoms with E-state index in [1.165, 1.54) is 5.56 Å². The maximum Gasteiger partial charge on any atom is 0.197 e. The second kappa shape index (κ2) is 4.42. The van der Waals surface area contributed by atoms with Crippen LogP contribution in [0.3, 0.4) is 0 Å². The third kappa shape index (κ3) is 2.19. The van der Waals surface area contributed by atoms with Crippen LogP contribution in [0.1, 0.15) is 31.2 Å². The standard InChI is InChI=1S/C13H14BrNO/c1-8(2)10-4-6-11(7-5-10)12-13(14)16-9(3)15-12/h4-8H,1-3H3. The van der Waals surface area contributed by atoms with Crippen LogP contribution in [-0.2, 0) is 0 Å². The number of benzene rings is 1. The number of rotatable bonds is 2. The predicted octanol–water partition coefficient (Wildman–Crippen LogP) is 4.54. The Morgan fingerprint density at radius 3 is 2.25 bits per heavy atom. The number of aromatic nitrogens is 1. The summed E-state index contributed by atoms with van der Waals surface area (Å²) < 4.78 is 6.05. The average molecular weight is 280 g/mol. The number of hydrogen-bond donors (Lipinski definition) is 0. The van der Waals surface area contributed by atoms with Gasteiger partial charge >= 0.3 is 0 Å². The number of nitrogens with zero attached hydrogens (tertiary/aromatic N) is 1. The minimum atomic E-state index is 0.552. The largest absolute Gasteiger partial charge is 0.434 e. The van der Waals surface area contributed by atoms with Crippen molar-refractivity contribution in [2.45, 2.75) is 26.7 Å². The van der Waals surface area contributed by atoms with Gasteiger partial charge in [-0.1, -0.05) is 38.1 Å². The van der Waals surface area contributed by atoms with Crippen LogP contribution in [0.4, 0.5) is 0 Å². The maximum atomic E-state index is 5.35. The zero-order valence-corrected chi connectivity index (χ0v) is 11.2. The van der Waals surface area contributed by atoms with E-state index in [-0.39, 0.29) is 0 Å². The minimum Gasteiger partial charge on any atom is -0.434 e. The van der Waals surface area contributed by atoms with Crippen LogP contribution in [0, 0.1) is 6.92 Å². The molecule has 0 aliphatic rings. The lowest BCUT2D eigenvalue weighted by molar-refractivity contribution is 0.500. The van der Waals surface area contributed by atoms with E-state index in [0.717, 1.165) is 11.3 Å². The zero-order chi connectivity index (χ0) is 11.7. The third-order valence-corrected chi connectivity index (χ3v) is 3.08. The van der Waals surface area contributed by atoms with E-state index in [1.54, 1.807) is 0 Å². The Kier molecular flexibility index (Phi) is 3.15. The molecule has 3 heteroatoms. The van der Waals surface area contributed by atoms with Crippen molar-refractivity contribution in [1.82, 2.24) is 4.98 Å². The summed E-state index contributed by atoms with van der Waals surface area (Å²) in [4.78, 5) is 4.34. The van der Waals surface area contributed by atoms with Crippen molar-refractivity contribution in [3.8, 4) is 11.3 Å². The van der Waals surface area contributed by atoms with Gasteiger partial charge in [0.15, 0.2) is 10.6 Å². The summed E-state index contributed by atoms with van der Waals surface area (Å²) in [5, 5.41) is 0. The van der Waals surface area contributed by atoms with Gasteiger partial charge in [-0.2, -0.15) is 0 Å². The molecule has 0 unspecified atom stereocenters. The molecule has 0 aliphatic heterocycles. The number of oxazole rings is 1. The Morgan fingerprint density at radius 2 is 1.81 bits per heavy atom. The summed E-state index contributed by atoms with van der Waals surface area (Å²) in [7, 11) is 0. The first kappa shape index (κ1) is 11.4. The van der Waals surface area contributed by atoms with E-state index in [4.69, 9.17) is 4.42 Å². The molecule has 0 radical (unpaired) electrons. The average Bonchev–Trinajstić information content (AvgIpc) is 2.58. The molecule has 2 aromatic rings.